The molecule has 0 radical (unpaired) electrons. The fraction of sp³-hybridized carbons (Fsp3) is 0.388. The van der Waals surface area contributed by atoms with Gasteiger partial charge in [0.15, 0.2) is 0 Å². The molecule has 1 saturated heterocycles. The van der Waals surface area contributed by atoms with Crippen LogP contribution in [-0.4, -0.2) is 111 Å². The molecule has 0 spiro atoms. The molecule has 5 aromatic rings. The van der Waals surface area contributed by atoms with Gasteiger partial charge in [-0.3, -0.25) is 24.5 Å². The number of halogens is 1. The predicted molar refractivity (Wildman–Crippen MR) is 240 cm³/mol. The Balaban J connectivity index is 0.888. The van der Waals surface area contributed by atoms with Crippen LogP contribution in [0.2, 0.25) is 0 Å². The average molecular weight is 844 g/mol. The van der Waals surface area contributed by atoms with Crippen molar-refractivity contribution in [1.29, 1.82) is 0 Å². The van der Waals surface area contributed by atoms with Crippen molar-refractivity contribution in [2.24, 2.45) is 0 Å². The zero-order chi connectivity index (χ0) is 43.5. The predicted octanol–water partition coefficient (Wildman–Crippen LogP) is 6.04. The minimum atomic E-state index is -0.620. The summed E-state index contributed by atoms with van der Waals surface area (Å²) in [6, 6.07) is 27.7. The molecule has 2 aromatic heterocycles. The molecule has 3 atom stereocenters. The summed E-state index contributed by atoms with van der Waals surface area (Å²) in [6.45, 7) is 10.9. The third-order valence-corrected chi connectivity index (χ3v) is 11.4. The summed E-state index contributed by atoms with van der Waals surface area (Å²) < 4.78 is 31.4. The zero-order valence-electron chi connectivity index (χ0n) is 36.1. The number of carbonyl (C=O) groups excluding carboxylic acids is 2. The van der Waals surface area contributed by atoms with Crippen molar-refractivity contribution in [3.8, 4) is 16.9 Å². The average Bonchev–Trinajstić information content (AvgIpc) is 3.54. The van der Waals surface area contributed by atoms with Crippen molar-refractivity contribution in [3.63, 3.8) is 0 Å². The van der Waals surface area contributed by atoms with Gasteiger partial charge in [-0.05, 0) is 102 Å². The van der Waals surface area contributed by atoms with Crippen LogP contribution in [-0.2, 0) is 37.3 Å². The highest BCUT2D eigenvalue weighted by molar-refractivity contribution is 5.97. The van der Waals surface area contributed by atoms with Crippen LogP contribution >= 0.6 is 0 Å². The molecule has 0 unspecified atom stereocenters. The lowest BCUT2D eigenvalue weighted by molar-refractivity contribution is -0.121. The van der Waals surface area contributed by atoms with E-state index in [-0.39, 0.29) is 29.1 Å². The first kappa shape index (κ1) is 44.5. The monoisotopic (exact) mass is 843 g/mol. The molecule has 2 aliphatic rings. The number of amides is 2. The summed E-state index contributed by atoms with van der Waals surface area (Å²) in [5.41, 5.74) is 7.07. The Morgan fingerprint density at radius 2 is 1.71 bits per heavy atom. The van der Waals surface area contributed by atoms with E-state index in [0.717, 1.165) is 52.5 Å². The van der Waals surface area contributed by atoms with Crippen molar-refractivity contribution < 1.29 is 28.2 Å². The summed E-state index contributed by atoms with van der Waals surface area (Å²) in [5.74, 6) is 0.233. The second-order valence-electron chi connectivity index (χ2n) is 16.9. The Bertz CT molecular complexity index is 2260. The number of aromatic nitrogens is 2. The molecule has 0 aliphatic carbocycles. The second kappa shape index (κ2) is 21.0. The van der Waals surface area contributed by atoms with Crippen molar-refractivity contribution in [1.82, 2.24) is 25.5 Å². The number of ether oxygens (including phenoxy) is 3. The molecule has 7 rings (SSSR count). The Labute approximate surface area is 364 Å². The smallest absolute Gasteiger partial charge is 0.241 e. The van der Waals surface area contributed by atoms with Gasteiger partial charge < -0.3 is 35.1 Å². The van der Waals surface area contributed by atoms with Crippen LogP contribution in [0.5, 0.6) is 5.75 Å². The summed E-state index contributed by atoms with van der Waals surface area (Å²) in [6.07, 6.45) is 6.35. The van der Waals surface area contributed by atoms with E-state index in [2.05, 4.69) is 58.7 Å². The van der Waals surface area contributed by atoms with Gasteiger partial charge >= 0.3 is 0 Å². The molecule has 3 aromatic carbocycles. The van der Waals surface area contributed by atoms with E-state index in [4.69, 9.17) is 19.2 Å². The molecule has 3 N–H and O–H groups in total. The van der Waals surface area contributed by atoms with Gasteiger partial charge in [0.05, 0.1) is 43.8 Å². The maximum atomic E-state index is 14.0. The van der Waals surface area contributed by atoms with Crippen LogP contribution in [0.3, 0.4) is 0 Å². The largest absolute Gasteiger partial charge is 0.491 e. The van der Waals surface area contributed by atoms with Crippen molar-refractivity contribution >= 4 is 23.2 Å². The number of hydrogen-bond donors (Lipinski definition) is 3. The van der Waals surface area contributed by atoms with E-state index >= 15 is 0 Å². The highest BCUT2D eigenvalue weighted by Crippen LogP contribution is 2.40. The van der Waals surface area contributed by atoms with Crippen LogP contribution in [0.1, 0.15) is 43.2 Å². The third kappa shape index (κ3) is 11.9. The quantitative estimate of drug-likeness (QED) is 0.0847. The summed E-state index contributed by atoms with van der Waals surface area (Å²) >= 11 is 0. The van der Waals surface area contributed by atoms with Crippen LogP contribution in [0.15, 0.2) is 110 Å². The fourth-order valence-electron chi connectivity index (χ4n) is 8.22. The standard InChI is InChI=1S/C49H58FN7O5/c1-34-30-56(42(29-53-34)32-60-4)31-46(58)57-33-49(2,3)47-45(57)27-37(28-54-47)23-35-8-6-10-43(25-35)62-22-21-61-20-19-52-44(26-36-7-5-9-40(50)24-36)48(59)55-41-13-11-38(12-14-41)39-15-17-51-18-16-39/h5-18,24-25,27-28,34,42,44,52-53H,19-23,26,29-33H2,1-4H3,(H,55,59)/t34-,42-,44-/m1/s1. The molecule has 0 bridgehead atoms. The topological polar surface area (TPSA) is 130 Å². The Morgan fingerprint density at radius 3 is 2.50 bits per heavy atom. The number of hydrogen-bond acceptors (Lipinski definition) is 10. The molecule has 0 saturated carbocycles. The van der Waals surface area contributed by atoms with E-state index < -0.39 is 6.04 Å². The van der Waals surface area contributed by atoms with Gasteiger partial charge in [-0.25, -0.2) is 4.39 Å². The first-order chi connectivity index (χ1) is 30.0. The molecular weight excluding hydrogens is 786 g/mol. The minimum absolute atomic E-state index is 0.0769. The normalized spacial score (nSPS) is 17.7. The number of piperazine rings is 1. The van der Waals surface area contributed by atoms with Crippen molar-refractivity contribution in [2.75, 3.05) is 76.5 Å². The number of nitrogens with zero attached hydrogens (tertiary/aromatic N) is 4. The van der Waals surface area contributed by atoms with Crippen LogP contribution < -0.4 is 25.6 Å². The Hall–Kier alpha value is -5.57. The SMILES string of the molecule is COC[C@H]1CN[C@H](C)CN1CC(=O)N1CC(C)(C)c2ncc(Cc3cccc(OCCOCCN[C@H](Cc4cccc(F)c4)C(=O)Nc4ccc(-c5ccncc5)cc4)c3)cc21. The number of benzene rings is 3. The van der Waals surface area contributed by atoms with Gasteiger partial charge in [-0.2, -0.15) is 0 Å². The lowest BCUT2D eigenvalue weighted by Crippen LogP contribution is -2.59. The van der Waals surface area contributed by atoms with Crippen molar-refractivity contribution in [3.05, 3.63) is 138 Å². The first-order valence-electron chi connectivity index (χ1n) is 21.4. The molecule has 2 amide bonds. The zero-order valence-corrected chi connectivity index (χ0v) is 36.1. The van der Waals surface area contributed by atoms with Gasteiger partial charge in [0, 0.05) is 75.1 Å². The maximum Gasteiger partial charge on any atom is 0.241 e. The molecule has 1 fully saturated rings. The van der Waals surface area contributed by atoms with Gasteiger partial charge in [-0.15, -0.1) is 0 Å². The maximum absolute atomic E-state index is 14.0. The van der Waals surface area contributed by atoms with E-state index in [1.807, 2.05) is 71.8 Å². The first-order valence-corrected chi connectivity index (χ1v) is 21.4. The molecule has 62 heavy (non-hydrogen) atoms. The van der Waals surface area contributed by atoms with Crippen molar-refractivity contribution in [2.45, 2.75) is 57.2 Å². The Kier molecular flexibility index (Phi) is 15.1. The number of anilines is 2. The van der Waals surface area contributed by atoms with E-state index in [9.17, 15) is 14.0 Å². The highest BCUT2D eigenvalue weighted by Gasteiger charge is 2.40. The molecule has 13 heteroatoms. The number of methoxy groups -OCH3 is 1. The summed E-state index contributed by atoms with van der Waals surface area (Å²) in [5, 5.41) is 9.80. The summed E-state index contributed by atoms with van der Waals surface area (Å²) in [7, 11) is 1.70. The molecular formula is C49H58FN7O5. The van der Waals surface area contributed by atoms with Crippen LogP contribution in [0.25, 0.3) is 11.1 Å². The lowest BCUT2D eigenvalue weighted by atomic mass is 9.91. The van der Waals surface area contributed by atoms with Crippen LogP contribution in [0.4, 0.5) is 15.8 Å². The minimum Gasteiger partial charge on any atom is -0.491 e. The van der Waals surface area contributed by atoms with E-state index in [0.29, 0.717) is 76.2 Å². The molecule has 12 nitrogen and oxygen atoms in total. The molecule has 326 valence electrons. The van der Waals surface area contributed by atoms with Gasteiger partial charge in [-0.1, -0.05) is 50.2 Å². The van der Waals surface area contributed by atoms with Crippen LogP contribution in [0, 0.1) is 5.82 Å². The number of nitrogens with one attached hydrogen (secondary N) is 3. The number of rotatable bonds is 19. The lowest BCUT2D eigenvalue weighted by Gasteiger charge is -2.39. The van der Waals surface area contributed by atoms with Gasteiger partial charge in [0.2, 0.25) is 11.8 Å². The summed E-state index contributed by atoms with van der Waals surface area (Å²) in [4.78, 5) is 40.5. The fourth-order valence-corrected chi connectivity index (χ4v) is 8.22. The van der Waals surface area contributed by atoms with Gasteiger partial charge in [0.1, 0.15) is 18.2 Å². The molecule has 4 heterocycles. The second-order valence-corrected chi connectivity index (χ2v) is 16.9. The van der Waals surface area contributed by atoms with E-state index in [1.165, 1.54) is 12.1 Å². The molecule has 2 aliphatic heterocycles. The number of fused-ring (bicyclic) bond motifs is 1. The third-order valence-electron chi connectivity index (χ3n) is 11.4. The number of pyridine rings is 2. The number of carbonyl (C=O) groups is 2. The van der Waals surface area contributed by atoms with E-state index in [1.54, 1.807) is 25.6 Å². The Morgan fingerprint density at radius 1 is 0.935 bits per heavy atom. The highest BCUT2D eigenvalue weighted by atomic mass is 19.1. The van der Waals surface area contributed by atoms with Gasteiger partial charge in [0.25, 0.3) is 0 Å².